The first-order valence-electron chi connectivity index (χ1n) is 8.75. The van der Waals surface area contributed by atoms with E-state index in [1.807, 2.05) is 56.0 Å². The lowest BCUT2D eigenvalue weighted by atomic mass is 10.1. The van der Waals surface area contributed by atoms with Crippen LogP contribution < -0.4 is 0 Å². The molecule has 1 aliphatic rings. The minimum atomic E-state index is -0.511. The molecule has 1 aromatic carbocycles. The number of hydrogen-bond donors (Lipinski definition) is 0. The highest BCUT2D eigenvalue weighted by molar-refractivity contribution is 6.04. The Kier molecular flexibility index (Phi) is 6.23. The van der Waals surface area contributed by atoms with E-state index in [1.165, 1.54) is 4.90 Å². The molecule has 0 aliphatic carbocycles. The summed E-state index contributed by atoms with van der Waals surface area (Å²) < 4.78 is 5.43. The Balaban J connectivity index is 2.12. The Hall–Kier alpha value is -2.57. The predicted octanol–water partition coefficient (Wildman–Crippen LogP) is 2.67. The molecule has 0 unspecified atom stereocenters. The molecular formula is C19H28N4O3. The molecule has 1 saturated heterocycles. The molecule has 0 N–H and O–H groups in total. The van der Waals surface area contributed by atoms with Gasteiger partial charge >= 0.3 is 12.1 Å². The van der Waals surface area contributed by atoms with Crippen molar-refractivity contribution >= 4 is 18.0 Å². The van der Waals surface area contributed by atoms with Gasteiger partial charge in [0.2, 0.25) is 0 Å². The summed E-state index contributed by atoms with van der Waals surface area (Å²) in [4.78, 5) is 33.8. The van der Waals surface area contributed by atoms with E-state index in [4.69, 9.17) is 4.74 Å². The van der Waals surface area contributed by atoms with Crippen LogP contribution >= 0.6 is 0 Å². The maximum Gasteiger partial charge on any atom is 0.410 e. The van der Waals surface area contributed by atoms with Crippen molar-refractivity contribution in [2.45, 2.75) is 26.4 Å². The third kappa shape index (κ3) is 5.47. The number of piperazine rings is 1. The minimum Gasteiger partial charge on any atom is -0.444 e. The number of benzene rings is 1. The van der Waals surface area contributed by atoms with E-state index in [-0.39, 0.29) is 12.1 Å². The van der Waals surface area contributed by atoms with Gasteiger partial charge in [-0.3, -0.25) is 0 Å². The molecule has 7 heteroatoms. The lowest BCUT2D eigenvalue weighted by molar-refractivity contribution is 0.0187. The quantitative estimate of drug-likeness (QED) is 0.570. The van der Waals surface area contributed by atoms with E-state index < -0.39 is 5.60 Å². The highest BCUT2D eigenvalue weighted by Gasteiger charge is 2.27. The summed E-state index contributed by atoms with van der Waals surface area (Å²) in [5.41, 5.74) is 0.372. The maximum absolute atomic E-state index is 12.2. The highest BCUT2D eigenvalue weighted by Crippen LogP contribution is 2.14. The van der Waals surface area contributed by atoms with Gasteiger partial charge in [-0.2, -0.15) is 4.99 Å². The summed E-state index contributed by atoms with van der Waals surface area (Å²) in [6.45, 7) is 7.80. The molecule has 0 spiro atoms. The van der Waals surface area contributed by atoms with E-state index in [0.717, 1.165) is 5.56 Å². The molecule has 0 atom stereocenters. The van der Waals surface area contributed by atoms with E-state index in [2.05, 4.69) is 4.99 Å². The first-order valence-corrected chi connectivity index (χ1v) is 8.75. The molecule has 0 saturated carbocycles. The lowest BCUT2D eigenvalue weighted by Crippen LogP contribution is -2.52. The first-order chi connectivity index (χ1) is 12.2. The van der Waals surface area contributed by atoms with Gasteiger partial charge in [0, 0.05) is 45.8 Å². The van der Waals surface area contributed by atoms with Crippen LogP contribution in [-0.2, 0) is 4.74 Å². The van der Waals surface area contributed by atoms with Crippen LogP contribution in [0.2, 0.25) is 0 Å². The number of ether oxygens (including phenoxy) is 1. The molecular weight excluding hydrogens is 332 g/mol. The van der Waals surface area contributed by atoms with Crippen molar-refractivity contribution in [2.75, 3.05) is 40.3 Å². The molecule has 7 nitrogen and oxygen atoms in total. The third-order valence-corrected chi connectivity index (χ3v) is 3.85. The Morgan fingerprint density at radius 3 is 2.04 bits per heavy atom. The number of hydrogen-bond acceptors (Lipinski definition) is 3. The maximum atomic E-state index is 12.2. The Morgan fingerprint density at radius 1 is 1.00 bits per heavy atom. The molecule has 2 rings (SSSR count). The number of carbonyl (C=O) groups is 2. The Labute approximate surface area is 155 Å². The monoisotopic (exact) mass is 360 g/mol. The highest BCUT2D eigenvalue weighted by atomic mass is 16.6. The molecule has 0 radical (unpaired) electrons. The van der Waals surface area contributed by atoms with Crippen molar-refractivity contribution in [1.82, 2.24) is 14.7 Å². The Morgan fingerprint density at radius 2 is 1.54 bits per heavy atom. The topological polar surface area (TPSA) is 65.5 Å². The van der Waals surface area contributed by atoms with Crippen LogP contribution in [0.1, 0.15) is 26.3 Å². The summed E-state index contributed by atoms with van der Waals surface area (Å²) in [5.74, 6) is 0.633. The second-order valence-electron chi connectivity index (χ2n) is 7.43. The van der Waals surface area contributed by atoms with Crippen LogP contribution in [0.4, 0.5) is 9.59 Å². The SMILES string of the molecule is CN(C)C(=O)/N=C(\c1ccccc1)N1CCN(C(=O)OC(C)(C)C)CC1. The zero-order valence-corrected chi connectivity index (χ0v) is 16.2. The van der Waals surface area contributed by atoms with Crippen molar-refractivity contribution in [3.05, 3.63) is 35.9 Å². The molecule has 0 aromatic heterocycles. The zero-order valence-electron chi connectivity index (χ0n) is 16.2. The van der Waals surface area contributed by atoms with E-state index in [9.17, 15) is 9.59 Å². The molecule has 1 heterocycles. The molecule has 3 amide bonds. The number of amides is 3. The molecule has 0 bridgehead atoms. The fourth-order valence-corrected chi connectivity index (χ4v) is 2.52. The summed E-state index contributed by atoms with van der Waals surface area (Å²) >= 11 is 0. The largest absolute Gasteiger partial charge is 0.444 e. The third-order valence-electron chi connectivity index (χ3n) is 3.85. The van der Waals surface area contributed by atoms with Crippen molar-refractivity contribution in [2.24, 2.45) is 4.99 Å². The van der Waals surface area contributed by atoms with Crippen LogP contribution in [0.3, 0.4) is 0 Å². The van der Waals surface area contributed by atoms with Gasteiger partial charge in [0.15, 0.2) is 0 Å². The molecule has 26 heavy (non-hydrogen) atoms. The zero-order chi connectivity index (χ0) is 19.3. The van der Waals surface area contributed by atoms with Crippen molar-refractivity contribution < 1.29 is 14.3 Å². The normalized spacial score (nSPS) is 15.7. The second-order valence-corrected chi connectivity index (χ2v) is 7.43. The first kappa shape index (κ1) is 19.8. The number of carbonyl (C=O) groups excluding carboxylic acids is 2. The number of aliphatic imine (C=N–C) groups is 1. The van der Waals surface area contributed by atoms with Crippen LogP contribution in [0.5, 0.6) is 0 Å². The molecule has 142 valence electrons. The van der Waals surface area contributed by atoms with E-state index >= 15 is 0 Å². The Bertz CT molecular complexity index is 657. The smallest absolute Gasteiger partial charge is 0.410 e. The number of urea groups is 1. The fraction of sp³-hybridized carbons (Fsp3) is 0.526. The fourth-order valence-electron chi connectivity index (χ4n) is 2.52. The van der Waals surface area contributed by atoms with Crippen LogP contribution in [0.15, 0.2) is 35.3 Å². The summed E-state index contributed by atoms with van der Waals surface area (Å²) in [6, 6.07) is 9.32. The minimum absolute atomic E-state index is 0.306. The summed E-state index contributed by atoms with van der Waals surface area (Å²) in [6.07, 6.45) is -0.306. The van der Waals surface area contributed by atoms with Crippen molar-refractivity contribution in [1.29, 1.82) is 0 Å². The van der Waals surface area contributed by atoms with Gasteiger partial charge in [-0.05, 0) is 20.8 Å². The van der Waals surface area contributed by atoms with Gasteiger partial charge in [-0.15, -0.1) is 0 Å². The number of rotatable bonds is 1. The van der Waals surface area contributed by atoms with Gasteiger partial charge in [-0.25, -0.2) is 9.59 Å². The number of amidine groups is 1. The van der Waals surface area contributed by atoms with Crippen LogP contribution in [-0.4, -0.2) is 78.5 Å². The van der Waals surface area contributed by atoms with Gasteiger partial charge in [0.1, 0.15) is 11.4 Å². The lowest BCUT2D eigenvalue weighted by Gasteiger charge is -2.37. The average molecular weight is 360 g/mol. The summed E-state index contributed by atoms with van der Waals surface area (Å²) in [5, 5.41) is 0. The average Bonchev–Trinajstić information content (AvgIpc) is 2.59. The second kappa shape index (κ2) is 8.21. The molecule has 1 aromatic rings. The summed E-state index contributed by atoms with van der Waals surface area (Å²) in [7, 11) is 3.35. The molecule has 1 fully saturated rings. The van der Waals surface area contributed by atoms with Crippen molar-refractivity contribution in [3.8, 4) is 0 Å². The van der Waals surface area contributed by atoms with E-state index in [1.54, 1.807) is 19.0 Å². The molecule has 1 aliphatic heterocycles. The van der Waals surface area contributed by atoms with Crippen molar-refractivity contribution in [3.63, 3.8) is 0 Å². The standard InChI is InChI=1S/C19H28N4O3/c1-19(2,3)26-18(25)23-13-11-22(12-14-23)16(20-17(24)21(4)5)15-9-7-6-8-10-15/h6-10H,11-14H2,1-5H3/b20-16+. The van der Waals surface area contributed by atoms with Crippen LogP contribution in [0, 0.1) is 0 Å². The van der Waals surface area contributed by atoms with E-state index in [0.29, 0.717) is 32.0 Å². The van der Waals surface area contributed by atoms with Gasteiger partial charge < -0.3 is 19.4 Å². The van der Waals surface area contributed by atoms with Gasteiger partial charge in [0.25, 0.3) is 0 Å². The number of nitrogens with zero attached hydrogens (tertiary/aromatic N) is 4. The van der Waals surface area contributed by atoms with Gasteiger partial charge in [-0.1, -0.05) is 30.3 Å². The van der Waals surface area contributed by atoms with Gasteiger partial charge in [0.05, 0.1) is 0 Å². The van der Waals surface area contributed by atoms with Crippen LogP contribution in [0.25, 0.3) is 0 Å². The predicted molar refractivity (Wildman–Crippen MR) is 101 cm³/mol.